The van der Waals surface area contributed by atoms with Crippen molar-refractivity contribution in [2.75, 3.05) is 5.73 Å². The molecule has 114 valence electrons. The topological polar surface area (TPSA) is 52.0 Å². The molecular weight excluding hydrogens is 260 g/mol. The maximum atomic E-state index is 6.05. The lowest BCUT2D eigenvalue weighted by Crippen LogP contribution is -2.01. The Hall–Kier alpha value is -1.77. The highest BCUT2D eigenvalue weighted by molar-refractivity contribution is 5.76. The minimum Gasteiger partial charge on any atom is -0.367 e. The van der Waals surface area contributed by atoms with Gasteiger partial charge in [0.15, 0.2) is 0 Å². The van der Waals surface area contributed by atoms with Crippen molar-refractivity contribution in [1.82, 2.24) is 5.16 Å². The van der Waals surface area contributed by atoms with Crippen molar-refractivity contribution in [3.8, 4) is 11.1 Å². The number of nitrogens with two attached hydrogens (primary N) is 1. The van der Waals surface area contributed by atoms with Crippen LogP contribution in [0.1, 0.15) is 62.3 Å². The van der Waals surface area contributed by atoms with Crippen LogP contribution in [0.2, 0.25) is 0 Å². The van der Waals surface area contributed by atoms with Gasteiger partial charge in [0, 0.05) is 5.92 Å². The fourth-order valence-electron chi connectivity index (χ4n) is 2.77. The number of nitrogens with zero attached hydrogens (tertiary/aromatic N) is 1. The lowest BCUT2D eigenvalue weighted by atomic mass is 9.90. The molecule has 3 nitrogen and oxygen atoms in total. The summed E-state index contributed by atoms with van der Waals surface area (Å²) in [6, 6.07) is 6.42. The van der Waals surface area contributed by atoms with Crippen molar-refractivity contribution in [1.29, 1.82) is 0 Å². The summed E-state index contributed by atoms with van der Waals surface area (Å²) in [6.07, 6.45) is 4.60. The Balaban J connectivity index is 2.43. The van der Waals surface area contributed by atoms with E-state index >= 15 is 0 Å². The Morgan fingerprint density at radius 1 is 1.19 bits per heavy atom. The van der Waals surface area contributed by atoms with E-state index in [0.29, 0.717) is 11.8 Å². The van der Waals surface area contributed by atoms with Crippen molar-refractivity contribution in [3.63, 3.8) is 0 Å². The maximum Gasteiger partial charge on any atom is 0.230 e. The molecule has 0 saturated heterocycles. The monoisotopic (exact) mass is 286 g/mol. The fraction of sp³-hybridized carbons (Fsp3) is 0.500. The molecule has 3 heteroatoms. The average Bonchev–Trinajstić information content (AvgIpc) is 2.85. The molecule has 0 amide bonds. The summed E-state index contributed by atoms with van der Waals surface area (Å²) in [7, 11) is 0. The van der Waals surface area contributed by atoms with Crippen LogP contribution in [-0.4, -0.2) is 5.16 Å². The molecule has 0 aliphatic heterocycles. The van der Waals surface area contributed by atoms with E-state index in [1.54, 1.807) is 0 Å². The predicted molar refractivity (Wildman–Crippen MR) is 88.4 cm³/mol. The summed E-state index contributed by atoms with van der Waals surface area (Å²) in [4.78, 5) is 0. The van der Waals surface area contributed by atoms with Crippen molar-refractivity contribution in [3.05, 3.63) is 35.0 Å². The smallest absolute Gasteiger partial charge is 0.230 e. The van der Waals surface area contributed by atoms with E-state index in [1.807, 2.05) is 0 Å². The number of rotatable bonds is 6. The SMILES string of the molecule is CCCCC(CC)c1noc(N)c1-c1ccc(C)c(C)c1. The Kier molecular flexibility index (Phi) is 5.05. The third kappa shape index (κ3) is 3.29. The van der Waals surface area contributed by atoms with Gasteiger partial charge in [-0.25, -0.2) is 0 Å². The zero-order chi connectivity index (χ0) is 15.4. The number of unbranched alkanes of at least 4 members (excludes halogenated alkanes) is 1. The van der Waals surface area contributed by atoms with Gasteiger partial charge in [0.25, 0.3) is 0 Å². The first kappa shape index (κ1) is 15.6. The minimum absolute atomic E-state index is 0.419. The number of anilines is 1. The second-order valence-corrected chi connectivity index (χ2v) is 5.85. The van der Waals surface area contributed by atoms with Crippen LogP contribution < -0.4 is 5.73 Å². The molecule has 2 aromatic rings. The molecular formula is C18H26N2O. The summed E-state index contributed by atoms with van der Waals surface area (Å²) in [5, 5.41) is 4.27. The number of nitrogen functional groups attached to an aromatic ring is 1. The van der Waals surface area contributed by atoms with Gasteiger partial charge >= 0.3 is 0 Å². The van der Waals surface area contributed by atoms with Crippen LogP contribution in [0.4, 0.5) is 5.88 Å². The third-order valence-electron chi connectivity index (χ3n) is 4.33. The highest BCUT2D eigenvalue weighted by atomic mass is 16.5. The molecule has 0 saturated carbocycles. The quantitative estimate of drug-likeness (QED) is 0.791. The third-order valence-corrected chi connectivity index (χ3v) is 4.33. The summed E-state index contributed by atoms with van der Waals surface area (Å²) in [6.45, 7) is 8.66. The number of aromatic nitrogens is 1. The van der Waals surface area contributed by atoms with Gasteiger partial charge in [-0.3, -0.25) is 0 Å². The summed E-state index contributed by atoms with van der Waals surface area (Å²) in [5.41, 5.74) is 11.7. The second-order valence-electron chi connectivity index (χ2n) is 5.85. The molecule has 1 unspecified atom stereocenters. The predicted octanol–water partition coefficient (Wildman–Crippen LogP) is 5.22. The Bertz CT molecular complexity index is 601. The van der Waals surface area contributed by atoms with Crippen LogP contribution in [-0.2, 0) is 0 Å². The molecule has 0 radical (unpaired) electrons. The Morgan fingerprint density at radius 2 is 1.95 bits per heavy atom. The Labute approximate surface area is 127 Å². The van der Waals surface area contributed by atoms with Gasteiger partial charge in [0.05, 0.1) is 11.3 Å². The molecule has 1 atom stereocenters. The van der Waals surface area contributed by atoms with Gasteiger partial charge in [0.2, 0.25) is 5.88 Å². The molecule has 0 fully saturated rings. The average molecular weight is 286 g/mol. The van der Waals surface area contributed by atoms with Gasteiger partial charge < -0.3 is 10.3 Å². The highest BCUT2D eigenvalue weighted by Gasteiger charge is 2.22. The number of benzene rings is 1. The normalized spacial score (nSPS) is 12.6. The van der Waals surface area contributed by atoms with Gasteiger partial charge in [-0.15, -0.1) is 0 Å². The van der Waals surface area contributed by atoms with Gasteiger partial charge in [-0.05, 0) is 43.4 Å². The van der Waals surface area contributed by atoms with E-state index in [0.717, 1.165) is 29.7 Å². The second kappa shape index (κ2) is 6.79. The van der Waals surface area contributed by atoms with Crippen LogP contribution in [0, 0.1) is 13.8 Å². The van der Waals surface area contributed by atoms with Crippen molar-refractivity contribution in [2.45, 2.75) is 59.3 Å². The molecule has 2 N–H and O–H groups in total. The maximum absolute atomic E-state index is 6.05. The summed E-state index contributed by atoms with van der Waals surface area (Å²) in [5.74, 6) is 0.853. The van der Waals surface area contributed by atoms with Crippen LogP contribution in [0.25, 0.3) is 11.1 Å². The molecule has 0 bridgehead atoms. The number of aryl methyl sites for hydroxylation is 2. The largest absolute Gasteiger partial charge is 0.367 e. The van der Waals surface area contributed by atoms with Crippen molar-refractivity contribution >= 4 is 5.88 Å². The first-order chi connectivity index (χ1) is 10.1. The molecule has 0 aliphatic rings. The van der Waals surface area contributed by atoms with Crippen LogP contribution in [0.5, 0.6) is 0 Å². The molecule has 0 spiro atoms. The van der Waals surface area contributed by atoms with Crippen LogP contribution in [0.15, 0.2) is 22.7 Å². The number of hydrogen-bond donors (Lipinski definition) is 1. The molecule has 0 aliphatic carbocycles. The van der Waals surface area contributed by atoms with Crippen LogP contribution in [0.3, 0.4) is 0 Å². The first-order valence-electron chi connectivity index (χ1n) is 7.91. The Morgan fingerprint density at radius 3 is 2.57 bits per heavy atom. The molecule has 1 heterocycles. The minimum atomic E-state index is 0.419. The zero-order valence-corrected chi connectivity index (χ0v) is 13.6. The van der Waals surface area contributed by atoms with Crippen molar-refractivity contribution < 1.29 is 4.52 Å². The van der Waals surface area contributed by atoms with Crippen molar-refractivity contribution in [2.24, 2.45) is 0 Å². The van der Waals surface area contributed by atoms with E-state index in [1.165, 1.54) is 24.0 Å². The lowest BCUT2D eigenvalue weighted by molar-refractivity contribution is 0.412. The fourth-order valence-corrected chi connectivity index (χ4v) is 2.77. The molecule has 1 aromatic carbocycles. The van der Waals surface area contributed by atoms with E-state index in [2.05, 4.69) is 51.1 Å². The first-order valence-corrected chi connectivity index (χ1v) is 7.91. The molecule has 1 aromatic heterocycles. The zero-order valence-electron chi connectivity index (χ0n) is 13.6. The highest BCUT2D eigenvalue weighted by Crippen LogP contribution is 2.37. The molecule has 2 rings (SSSR count). The van der Waals surface area contributed by atoms with E-state index in [9.17, 15) is 0 Å². The van der Waals surface area contributed by atoms with Gasteiger partial charge in [-0.1, -0.05) is 50.0 Å². The lowest BCUT2D eigenvalue weighted by Gasteiger charge is -2.14. The van der Waals surface area contributed by atoms with Gasteiger partial charge in [-0.2, -0.15) is 0 Å². The van der Waals surface area contributed by atoms with Gasteiger partial charge in [0.1, 0.15) is 0 Å². The summed E-state index contributed by atoms with van der Waals surface area (Å²) >= 11 is 0. The summed E-state index contributed by atoms with van der Waals surface area (Å²) < 4.78 is 5.31. The van der Waals surface area contributed by atoms with E-state index < -0.39 is 0 Å². The standard InChI is InChI=1S/C18H26N2O/c1-5-7-8-14(6-2)17-16(18(19)21-20-17)15-10-9-12(3)13(4)11-15/h9-11,14H,5-8,19H2,1-4H3. The number of hydrogen-bond acceptors (Lipinski definition) is 3. The van der Waals surface area contributed by atoms with Crippen LogP contribution >= 0.6 is 0 Å². The van der Waals surface area contributed by atoms with E-state index in [-0.39, 0.29) is 0 Å². The van der Waals surface area contributed by atoms with E-state index in [4.69, 9.17) is 10.3 Å². The molecule has 21 heavy (non-hydrogen) atoms.